The van der Waals surface area contributed by atoms with Gasteiger partial charge in [-0.3, -0.25) is 0 Å². The minimum Gasteiger partial charge on any atom is -0.396 e. The Kier molecular flexibility index (Phi) is 4.66. The SMILES string of the molecule is N#Cc1ccc(S(=O)(=O)N2CCC(CCO)C2)c(Cl)c1. The maximum atomic E-state index is 12.5. The van der Waals surface area contributed by atoms with Crippen LogP contribution in [0.4, 0.5) is 0 Å². The molecule has 1 fully saturated rings. The molecule has 1 aromatic rings. The van der Waals surface area contributed by atoms with E-state index in [0.717, 1.165) is 6.42 Å². The maximum absolute atomic E-state index is 12.5. The fourth-order valence-electron chi connectivity index (χ4n) is 2.35. The van der Waals surface area contributed by atoms with Gasteiger partial charge in [0.25, 0.3) is 0 Å². The van der Waals surface area contributed by atoms with Gasteiger partial charge in [-0.25, -0.2) is 8.42 Å². The predicted octanol–water partition coefficient (Wildman–Crippen LogP) is 1.60. The molecule has 0 aromatic heterocycles. The molecule has 1 unspecified atom stereocenters. The minimum atomic E-state index is -3.64. The number of aliphatic hydroxyl groups is 1. The highest BCUT2D eigenvalue weighted by Gasteiger charge is 2.33. The Labute approximate surface area is 123 Å². The number of hydrogen-bond donors (Lipinski definition) is 1. The van der Waals surface area contributed by atoms with Gasteiger partial charge in [0.2, 0.25) is 10.0 Å². The molecule has 2 rings (SSSR count). The van der Waals surface area contributed by atoms with E-state index in [9.17, 15) is 8.42 Å². The molecule has 1 aliphatic rings. The van der Waals surface area contributed by atoms with E-state index in [0.29, 0.717) is 25.1 Å². The highest BCUT2D eigenvalue weighted by molar-refractivity contribution is 7.89. The Bertz CT molecular complexity index is 640. The van der Waals surface area contributed by atoms with Crippen LogP contribution < -0.4 is 0 Å². The van der Waals surface area contributed by atoms with Crippen molar-refractivity contribution in [1.29, 1.82) is 5.26 Å². The highest BCUT2D eigenvalue weighted by Crippen LogP contribution is 2.30. The average molecular weight is 315 g/mol. The van der Waals surface area contributed by atoms with Crippen molar-refractivity contribution < 1.29 is 13.5 Å². The highest BCUT2D eigenvalue weighted by atomic mass is 35.5. The lowest BCUT2D eigenvalue weighted by Gasteiger charge is -2.17. The quantitative estimate of drug-likeness (QED) is 0.915. The van der Waals surface area contributed by atoms with Crippen LogP contribution in [-0.2, 0) is 10.0 Å². The van der Waals surface area contributed by atoms with E-state index < -0.39 is 10.0 Å². The second-order valence-electron chi connectivity index (χ2n) is 4.79. The van der Waals surface area contributed by atoms with Crippen molar-refractivity contribution in [2.24, 2.45) is 5.92 Å². The molecule has 1 aromatic carbocycles. The molecular formula is C13H15ClN2O3S. The summed E-state index contributed by atoms with van der Waals surface area (Å²) in [5.74, 6) is 0.187. The van der Waals surface area contributed by atoms with Crippen LogP contribution in [0.25, 0.3) is 0 Å². The Balaban J connectivity index is 2.26. The van der Waals surface area contributed by atoms with Gasteiger partial charge in [-0.15, -0.1) is 0 Å². The lowest BCUT2D eigenvalue weighted by molar-refractivity contribution is 0.259. The number of hydrogen-bond acceptors (Lipinski definition) is 4. The number of rotatable bonds is 4. The van der Waals surface area contributed by atoms with Crippen molar-refractivity contribution in [2.45, 2.75) is 17.7 Å². The molecule has 1 aliphatic heterocycles. The molecule has 7 heteroatoms. The van der Waals surface area contributed by atoms with Crippen molar-refractivity contribution in [2.75, 3.05) is 19.7 Å². The molecule has 0 amide bonds. The van der Waals surface area contributed by atoms with Gasteiger partial charge in [0, 0.05) is 19.7 Å². The first-order chi connectivity index (χ1) is 9.48. The molecule has 0 saturated carbocycles. The van der Waals surface area contributed by atoms with Crippen molar-refractivity contribution in [1.82, 2.24) is 4.31 Å². The second kappa shape index (κ2) is 6.10. The Morgan fingerprint density at radius 3 is 2.85 bits per heavy atom. The molecule has 1 atom stereocenters. The zero-order chi connectivity index (χ0) is 14.8. The summed E-state index contributed by atoms with van der Waals surface area (Å²) >= 11 is 5.97. The zero-order valence-electron chi connectivity index (χ0n) is 10.8. The number of nitriles is 1. The van der Waals surface area contributed by atoms with E-state index in [-0.39, 0.29) is 22.4 Å². The standard InChI is InChI=1S/C13H15ClN2O3S/c14-12-7-11(8-15)1-2-13(12)20(18,19)16-5-3-10(9-16)4-6-17/h1-2,7,10,17H,3-6,9H2. The van der Waals surface area contributed by atoms with Crippen LogP contribution in [0.5, 0.6) is 0 Å². The van der Waals surface area contributed by atoms with Gasteiger partial charge in [0.1, 0.15) is 4.90 Å². The van der Waals surface area contributed by atoms with E-state index in [1.165, 1.54) is 22.5 Å². The first-order valence-corrected chi connectivity index (χ1v) is 8.11. The molecule has 1 saturated heterocycles. The summed E-state index contributed by atoms with van der Waals surface area (Å²) in [6.07, 6.45) is 1.35. The molecule has 0 bridgehead atoms. The smallest absolute Gasteiger partial charge is 0.244 e. The van der Waals surface area contributed by atoms with Crippen LogP contribution in [0.3, 0.4) is 0 Å². The van der Waals surface area contributed by atoms with Gasteiger partial charge in [-0.2, -0.15) is 9.57 Å². The van der Waals surface area contributed by atoms with Crippen LogP contribution in [0.1, 0.15) is 18.4 Å². The van der Waals surface area contributed by atoms with Crippen LogP contribution >= 0.6 is 11.6 Å². The Morgan fingerprint density at radius 1 is 1.50 bits per heavy atom. The molecule has 0 radical (unpaired) electrons. The van der Waals surface area contributed by atoms with E-state index in [1.807, 2.05) is 6.07 Å². The van der Waals surface area contributed by atoms with Crippen LogP contribution in [0.2, 0.25) is 5.02 Å². The number of aliphatic hydroxyl groups excluding tert-OH is 1. The maximum Gasteiger partial charge on any atom is 0.244 e. The Morgan fingerprint density at radius 2 is 2.25 bits per heavy atom. The predicted molar refractivity (Wildman–Crippen MR) is 74.7 cm³/mol. The van der Waals surface area contributed by atoms with Gasteiger partial charge >= 0.3 is 0 Å². The van der Waals surface area contributed by atoms with Crippen molar-refractivity contribution in [3.8, 4) is 6.07 Å². The second-order valence-corrected chi connectivity index (χ2v) is 7.10. The lowest BCUT2D eigenvalue weighted by atomic mass is 10.1. The summed E-state index contributed by atoms with van der Waals surface area (Å²) in [4.78, 5) is 0.0304. The topological polar surface area (TPSA) is 81.4 Å². The van der Waals surface area contributed by atoms with E-state index in [2.05, 4.69) is 0 Å². The van der Waals surface area contributed by atoms with Gasteiger partial charge in [-0.05, 0) is 37.0 Å². The summed E-state index contributed by atoms with van der Waals surface area (Å²) in [5.41, 5.74) is 0.327. The summed E-state index contributed by atoms with van der Waals surface area (Å²) in [6, 6.07) is 6.09. The number of sulfonamides is 1. The molecule has 1 N–H and O–H groups in total. The summed E-state index contributed by atoms with van der Waals surface area (Å²) in [5, 5.41) is 17.7. The lowest BCUT2D eigenvalue weighted by Crippen LogP contribution is -2.29. The third-order valence-corrected chi connectivity index (χ3v) is 5.81. The van der Waals surface area contributed by atoms with Crippen LogP contribution in [0, 0.1) is 17.2 Å². The number of halogens is 1. The molecule has 5 nitrogen and oxygen atoms in total. The fraction of sp³-hybridized carbons (Fsp3) is 0.462. The molecule has 20 heavy (non-hydrogen) atoms. The van der Waals surface area contributed by atoms with Gasteiger partial charge in [-0.1, -0.05) is 11.6 Å². The van der Waals surface area contributed by atoms with Gasteiger partial charge in [0.15, 0.2) is 0 Å². The first-order valence-electron chi connectivity index (χ1n) is 6.29. The van der Waals surface area contributed by atoms with E-state index in [1.54, 1.807) is 0 Å². The third-order valence-electron chi connectivity index (χ3n) is 3.46. The molecule has 0 aliphatic carbocycles. The average Bonchev–Trinajstić information content (AvgIpc) is 2.88. The summed E-state index contributed by atoms with van der Waals surface area (Å²) in [7, 11) is -3.64. The van der Waals surface area contributed by atoms with Crippen LogP contribution in [0.15, 0.2) is 23.1 Å². The normalized spacial score (nSPS) is 19.9. The first kappa shape index (κ1) is 15.3. The minimum absolute atomic E-state index is 0.0304. The molecule has 0 spiro atoms. The van der Waals surface area contributed by atoms with Gasteiger partial charge < -0.3 is 5.11 Å². The summed E-state index contributed by atoms with van der Waals surface area (Å²) < 4.78 is 26.4. The largest absolute Gasteiger partial charge is 0.396 e. The van der Waals surface area contributed by atoms with Crippen LogP contribution in [-0.4, -0.2) is 37.5 Å². The van der Waals surface area contributed by atoms with E-state index in [4.69, 9.17) is 22.0 Å². The van der Waals surface area contributed by atoms with E-state index >= 15 is 0 Å². The number of benzene rings is 1. The fourth-order valence-corrected chi connectivity index (χ4v) is 4.40. The monoisotopic (exact) mass is 314 g/mol. The Hall–Kier alpha value is -1.13. The molecule has 1 heterocycles. The summed E-state index contributed by atoms with van der Waals surface area (Å²) in [6.45, 7) is 0.902. The van der Waals surface area contributed by atoms with Crippen molar-refractivity contribution in [3.05, 3.63) is 28.8 Å². The molecule has 108 valence electrons. The van der Waals surface area contributed by atoms with Crippen molar-refractivity contribution in [3.63, 3.8) is 0 Å². The molecular weight excluding hydrogens is 300 g/mol. The third kappa shape index (κ3) is 2.96. The van der Waals surface area contributed by atoms with Gasteiger partial charge in [0.05, 0.1) is 16.7 Å². The zero-order valence-corrected chi connectivity index (χ0v) is 12.4. The van der Waals surface area contributed by atoms with Crippen molar-refractivity contribution >= 4 is 21.6 Å². The number of nitrogens with zero attached hydrogens (tertiary/aromatic N) is 2.